The molecule has 0 saturated carbocycles. The lowest BCUT2D eigenvalue weighted by atomic mass is 10.1. The average Bonchev–Trinajstić information content (AvgIpc) is 3.42. The van der Waals surface area contributed by atoms with E-state index in [1.54, 1.807) is 36.9 Å². The number of nitrogens with zero attached hydrogens (tertiary/aromatic N) is 4. The van der Waals surface area contributed by atoms with Crippen molar-refractivity contribution in [3.63, 3.8) is 0 Å². The fourth-order valence-electron chi connectivity index (χ4n) is 3.63. The third-order valence-corrected chi connectivity index (χ3v) is 5.10. The Morgan fingerprint density at radius 2 is 1.90 bits per heavy atom. The Bertz CT molecular complexity index is 1380. The molecule has 0 saturated heterocycles. The molecule has 0 atom stereocenters. The predicted molar refractivity (Wildman–Crippen MR) is 117 cm³/mol. The minimum atomic E-state index is -0.502. The second-order valence-electron chi connectivity index (χ2n) is 6.94. The molecule has 2 aromatic carbocycles. The molecule has 0 fully saturated rings. The number of amides is 1. The number of carbonyl (C=O) groups excluding carboxylic acids is 1. The van der Waals surface area contributed by atoms with Crippen LogP contribution >= 0.6 is 0 Å². The molecule has 0 aliphatic carbocycles. The van der Waals surface area contributed by atoms with Gasteiger partial charge in [-0.3, -0.25) is 9.78 Å². The molecule has 5 rings (SSSR count). The number of anilines is 1. The highest BCUT2D eigenvalue weighted by molar-refractivity contribution is 5.95. The van der Waals surface area contributed by atoms with Crippen LogP contribution in [0, 0.1) is 0 Å². The summed E-state index contributed by atoms with van der Waals surface area (Å²) < 4.78 is 3.99. The van der Waals surface area contributed by atoms with E-state index < -0.39 is 5.91 Å². The maximum atomic E-state index is 11.4. The summed E-state index contributed by atoms with van der Waals surface area (Å²) >= 11 is 0. The van der Waals surface area contributed by atoms with Gasteiger partial charge in [-0.05, 0) is 48.5 Å². The fourth-order valence-corrected chi connectivity index (χ4v) is 3.63. The zero-order chi connectivity index (χ0) is 20.7. The van der Waals surface area contributed by atoms with Crippen molar-refractivity contribution in [1.29, 1.82) is 0 Å². The van der Waals surface area contributed by atoms with Crippen molar-refractivity contribution in [3.05, 3.63) is 91.3 Å². The molecule has 7 nitrogen and oxygen atoms in total. The van der Waals surface area contributed by atoms with Crippen LogP contribution < -0.4 is 11.5 Å². The number of imidazole rings is 1. The zero-order valence-electron chi connectivity index (χ0n) is 15.9. The van der Waals surface area contributed by atoms with Gasteiger partial charge in [-0.1, -0.05) is 6.07 Å². The predicted octanol–water partition coefficient (Wildman–Crippen LogP) is 3.56. The first kappa shape index (κ1) is 17.7. The highest BCUT2D eigenvalue weighted by Gasteiger charge is 2.12. The summed E-state index contributed by atoms with van der Waals surface area (Å²) in [6.45, 7) is 0. The van der Waals surface area contributed by atoms with Crippen LogP contribution in [0.4, 0.5) is 5.69 Å². The van der Waals surface area contributed by atoms with Gasteiger partial charge in [-0.25, -0.2) is 4.98 Å². The molecule has 0 bridgehead atoms. The molecule has 0 radical (unpaired) electrons. The van der Waals surface area contributed by atoms with Crippen LogP contribution in [0.25, 0.3) is 33.5 Å². The van der Waals surface area contributed by atoms with E-state index in [9.17, 15) is 4.79 Å². The lowest BCUT2D eigenvalue weighted by Gasteiger charge is -2.11. The number of benzene rings is 2. The minimum absolute atomic E-state index is 0.384. The summed E-state index contributed by atoms with van der Waals surface area (Å²) in [7, 11) is 0. The van der Waals surface area contributed by atoms with E-state index in [4.69, 9.17) is 11.5 Å². The topological polar surface area (TPSA) is 105 Å². The number of aromatic nitrogens is 4. The standard InChI is InChI=1S/C23H18N6O/c24-18-11-15(23(25)30)6-7-22(18)29-10-8-17-20(4-1-5-21(17)29)28-13-19(27-14-28)16-3-2-9-26-12-16/h1-14H,24H2,(H2,25,30). The number of primary amides is 1. The van der Waals surface area contributed by atoms with Gasteiger partial charge < -0.3 is 20.6 Å². The zero-order valence-corrected chi connectivity index (χ0v) is 15.9. The van der Waals surface area contributed by atoms with Crippen molar-refractivity contribution in [1.82, 2.24) is 19.1 Å². The first-order chi connectivity index (χ1) is 14.6. The van der Waals surface area contributed by atoms with Gasteiger partial charge in [0.1, 0.15) is 0 Å². The summed E-state index contributed by atoms with van der Waals surface area (Å²) in [5, 5.41) is 1.05. The van der Waals surface area contributed by atoms with Crippen molar-refractivity contribution in [2.24, 2.45) is 5.73 Å². The van der Waals surface area contributed by atoms with Crippen molar-refractivity contribution in [2.45, 2.75) is 0 Å². The number of fused-ring (bicyclic) bond motifs is 1. The molecule has 0 spiro atoms. The summed E-state index contributed by atoms with van der Waals surface area (Å²) in [4.78, 5) is 20.1. The van der Waals surface area contributed by atoms with Crippen molar-refractivity contribution < 1.29 is 4.79 Å². The van der Waals surface area contributed by atoms with Crippen molar-refractivity contribution >= 4 is 22.5 Å². The Morgan fingerprint density at radius 1 is 1.00 bits per heavy atom. The van der Waals surface area contributed by atoms with E-state index in [1.807, 2.05) is 57.9 Å². The van der Waals surface area contributed by atoms with Crippen LogP contribution in [0.15, 0.2) is 85.7 Å². The Labute approximate surface area is 172 Å². The van der Waals surface area contributed by atoms with Gasteiger partial charge in [0.05, 0.1) is 34.6 Å². The summed E-state index contributed by atoms with van der Waals surface area (Å²) in [6.07, 6.45) is 9.28. The van der Waals surface area contributed by atoms with Crippen LogP contribution in [0.5, 0.6) is 0 Å². The highest BCUT2D eigenvalue weighted by atomic mass is 16.1. The van der Waals surface area contributed by atoms with Crippen molar-refractivity contribution in [2.75, 3.05) is 5.73 Å². The van der Waals surface area contributed by atoms with Crippen LogP contribution in [0.2, 0.25) is 0 Å². The molecule has 3 aromatic heterocycles. The van der Waals surface area contributed by atoms with E-state index in [-0.39, 0.29) is 0 Å². The Kier molecular flexibility index (Phi) is 4.07. The van der Waals surface area contributed by atoms with Crippen LogP contribution in [-0.2, 0) is 0 Å². The van der Waals surface area contributed by atoms with Gasteiger partial charge in [-0.2, -0.15) is 0 Å². The second kappa shape index (κ2) is 6.89. The third kappa shape index (κ3) is 2.89. The number of pyridine rings is 1. The van der Waals surface area contributed by atoms with E-state index in [0.717, 1.165) is 33.5 Å². The lowest BCUT2D eigenvalue weighted by Crippen LogP contribution is -2.12. The van der Waals surface area contributed by atoms with Gasteiger partial charge in [0, 0.05) is 41.3 Å². The summed E-state index contributed by atoms with van der Waals surface area (Å²) in [5.74, 6) is -0.502. The van der Waals surface area contributed by atoms with Gasteiger partial charge >= 0.3 is 0 Å². The number of hydrogen-bond acceptors (Lipinski definition) is 4. The SMILES string of the molecule is NC(=O)c1ccc(-n2ccc3c(-n4cnc(-c5cccnc5)c4)cccc32)c(N)c1. The Morgan fingerprint density at radius 3 is 2.67 bits per heavy atom. The Balaban J connectivity index is 1.60. The third-order valence-electron chi connectivity index (χ3n) is 5.10. The lowest BCUT2D eigenvalue weighted by molar-refractivity contribution is 0.100. The normalized spacial score (nSPS) is 11.1. The van der Waals surface area contributed by atoms with E-state index >= 15 is 0 Å². The number of rotatable bonds is 4. The summed E-state index contributed by atoms with van der Waals surface area (Å²) in [5.41, 5.74) is 17.0. The van der Waals surface area contributed by atoms with Gasteiger partial charge in [0.2, 0.25) is 5.91 Å². The molecular weight excluding hydrogens is 376 g/mol. The average molecular weight is 394 g/mol. The number of nitrogens with two attached hydrogens (primary N) is 2. The molecule has 3 heterocycles. The molecule has 146 valence electrons. The molecule has 30 heavy (non-hydrogen) atoms. The molecule has 0 aliphatic heterocycles. The maximum absolute atomic E-state index is 11.4. The van der Waals surface area contributed by atoms with E-state index in [1.165, 1.54) is 0 Å². The van der Waals surface area contributed by atoms with Gasteiger partial charge in [0.15, 0.2) is 0 Å². The largest absolute Gasteiger partial charge is 0.397 e. The summed E-state index contributed by atoms with van der Waals surface area (Å²) in [6, 6.07) is 17.1. The molecule has 7 heteroatoms. The van der Waals surface area contributed by atoms with Crippen LogP contribution in [0.1, 0.15) is 10.4 Å². The number of carbonyl (C=O) groups is 1. The van der Waals surface area contributed by atoms with Gasteiger partial charge in [-0.15, -0.1) is 0 Å². The van der Waals surface area contributed by atoms with Crippen molar-refractivity contribution in [3.8, 4) is 22.6 Å². The second-order valence-corrected chi connectivity index (χ2v) is 6.94. The van der Waals surface area contributed by atoms with E-state index in [0.29, 0.717) is 11.3 Å². The van der Waals surface area contributed by atoms with E-state index in [2.05, 4.69) is 9.97 Å². The fraction of sp³-hybridized carbons (Fsp3) is 0. The van der Waals surface area contributed by atoms with Crippen LogP contribution in [-0.4, -0.2) is 25.0 Å². The molecule has 0 aliphatic rings. The molecule has 1 amide bonds. The Hall–Kier alpha value is -4.39. The first-order valence-corrected chi connectivity index (χ1v) is 9.36. The monoisotopic (exact) mass is 394 g/mol. The van der Waals surface area contributed by atoms with Gasteiger partial charge in [0.25, 0.3) is 0 Å². The number of hydrogen-bond donors (Lipinski definition) is 2. The minimum Gasteiger partial charge on any atom is -0.397 e. The highest BCUT2D eigenvalue weighted by Crippen LogP contribution is 2.29. The molecule has 5 aromatic rings. The molecular formula is C23H18N6O. The molecule has 0 unspecified atom stereocenters. The molecule has 4 N–H and O–H groups in total. The number of nitrogen functional groups attached to an aromatic ring is 1. The first-order valence-electron chi connectivity index (χ1n) is 9.36. The van der Waals surface area contributed by atoms with Crippen LogP contribution in [0.3, 0.4) is 0 Å². The smallest absolute Gasteiger partial charge is 0.248 e. The quantitative estimate of drug-likeness (QED) is 0.455. The maximum Gasteiger partial charge on any atom is 0.248 e.